The lowest BCUT2D eigenvalue weighted by molar-refractivity contribution is -0.136. The molecule has 1 atom stereocenters. The zero-order chi connectivity index (χ0) is 19.8. The number of anilines is 1. The topological polar surface area (TPSA) is 77.1 Å². The van der Waals surface area contributed by atoms with Crippen molar-refractivity contribution in [3.05, 3.63) is 64.3 Å². The van der Waals surface area contributed by atoms with Gasteiger partial charge in [-0.2, -0.15) is 0 Å². The zero-order valence-electron chi connectivity index (χ0n) is 15.2. The molecule has 0 saturated heterocycles. The van der Waals surface area contributed by atoms with E-state index in [4.69, 9.17) is 25.8 Å². The third-order valence-corrected chi connectivity index (χ3v) is 4.96. The number of urea groups is 1. The molecule has 7 nitrogen and oxygen atoms in total. The summed E-state index contributed by atoms with van der Waals surface area (Å²) in [6.45, 7) is 1.84. The van der Waals surface area contributed by atoms with Crippen molar-refractivity contribution < 1.29 is 23.8 Å². The van der Waals surface area contributed by atoms with Gasteiger partial charge < -0.3 is 19.5 Å². The number of carbonyl (C=O) groups excluding carboxylic acids is 2. The molecule has 2 aromatic carbocycles. The maximum Gasteiger partial charge on any atom is 0.337 e. The predicted octanol–water partition coefficient (Wildman–Crippen LogP) is 3.79. The highest BCUT2D eigenvalue weighted by molar-refractivity contribution is 6.30. The first-order valence-electron chi connectivity index (χ1n) is 8.54. The molecule has 2 aliphatic heterocycles. The molecular weight excluding hydrogens is 384 g/mol. The number of benzene rings is 2. The van der Waals surface area contributed by atoms with Crippen molar-refractivity contribution in [3.8, 4) is 11.5 Å². The smallest absolute Gasteiger partial charge is 0.337 e. The van der Waals surface area contributed by atoms with Crippen LogP contribution in [0.4, 0.5) is 10.5 Å². The van der Waals surface area contributed by atoms with Crippen molar-refractivity contribution >= 4 is 29.3 Å². The van der Waals surface area contributed by atoms with Crippen LogP contribution in [0.1, 0.15) is 18.5 Å². The third-order valence-electron chi connectivity index (χ3n) is 4.71. The second-order valence-electron chi connectivity index (χ2n) is 6.30. The minimum absolute atomic E-state index is 0.131. The van der Waals surface area contributed by atoms with Crippen molar-refractivity contribution in [1.29, 1.82) is 0 Å². The molecule has 1 unspecified atom stereocenters. The first kappa shape index (κ1) is 18.2. The Balaban J connectivity index is 1.81. The monoisotopic (exact) mass is 400 g/mol. The average molecular weight is 401 g/mol. The van der Waals surface area contributed by atoms with Crippen molar-refractivity contribution in [2.45, 2.75) is 13.0 Å². The fourth-order valence-electron chi connectivity index (χ4n) is 3.36. The van der Waals surface area contributed by atoms with E-state index in [1.807, 2.05) is 0 Å². The largest absolute Gasteiger partial charge is 0.466 e. The van der Waals surface area contributed by atoms with Crippen molar-refractivity contribution in [1.82, 2.24) is 5.32 Å². The number of hydrogen-bond donors (Lipinski definition) is 1. The molecule has 28 heavy (non-hydrogen) atoms. The molecule has 2 heterocycles. The maximum absolute atomic E-state index is 12.9. The number of halogens is 1. The second-order valence-corrected chi connectivity index (χ2v) is 6.73. The fourth-order valence-corrected chi connectivity index (χ4v) is 3.48. The van der Waals surface area contributed by atoms with Crippen molar-refractivity contribution in [2.24, 2.45) is 0 Å². The Morgan fingerprint density at radius 3 is 2.61 bits per heavy atom. The Kier molecular flexibility index (Phi) is 4.60. The Labute approximate surface area is 166 Å². The number of rotatable bonds is 3. The predicted molar refractivity (Wildman–Crippen MR) is 102 cm³/mol. The highest BCUT2D eigenvalue weighted by atomic mass is 35.5. The van der Waals surface area contributed by atoms with E-state index >= 15 is 0 Å². The van der Waals surface area contributed by atoms with E-state index in [1.165, 1.54) is 12.0 Å². The van der Waals surface area contributed by atoms with Gasteiger partial charge in [0.05, 0.1) is 24.4 Å². The molecule has 0 aliphatic carbocycles. The van der Waals surface area contributed by atoms with Gasteiger partial charge in [0.25, 0.3) is 0 Å². The van der Waals surface area contributed by atoms with E-state index in [0.717, 1.165) is 5.56 Å². The molecule has 0 fully saturated rings. The summed E-state index contributed by atoms with van der Waals surface area (Å²) in [5.74, 6) is 0.621. The summed E-state index contributed by atoms with van der Waals surface area (Å²) >= 11 is 5.96. The van der Waals surface area contributed by atoms with Crippen LogP contribution in [-0.2, 0) is 9.53 Å². The first-order valence-corrected chi connectivity index (χ1v) is 8.92. The van der Waals surface area contributed by atoms with Gasteiger partial charge in [0.1, 0.15) is 0 Å². The van der Waals surface area contributed by atoms with E-state index in [2.05, 4.69) is 5.32 Å². The molecular formula is C20H17ClN2O5. The minimum atomic E-state index is -0.650. The lowest BCUT2D eigenvalue weighted by Gasteiger charge is -2.35. The Morgan fingerprint density at radius 2 is 1.89 bits per heavy atom. The molecule has 0 saturated carbocycles. The first-order chi connectivity index (χ1) is 13.5. The van der Waals surface area contributed by atoms with Gasteiger partial charge in [0.15, 0.2) is 11.5 Å². The van der Waals surface area contributed by atoms with Crippen LogP contribution in [0.2, 0.25) is 5.02 Å². The minimum Gasteiger partial charge on any atom is -0.466 e. The van der Waals surface area contributed by atoms with Gasteiger partial charge in [-0.05, 0) is 36.8 Å². The molecule has 0 spiro atoms. The van der Waals surface area contributed by atoms with Gasteiger partial charge in [-0.15, -0.1) is 0 Å². The summed E-state index contributed by atoms with van der Waals surface area (Å²) < 4.78 is 15.7. The van der Waals surface area contributed by atoms with Crippen LogP contribution in [0.15, 0.2) is 53.7 Å². The lowest BCUT2D eigenvalue weighted by atomic mass is 9.94. The number of methoxy groups -OCH3 is 1. The lowest BCUT2D eigenvalue weighted by Crippen LogP contribution is -2.48. The van der Waals surface area contributed by atoms with Gasteiger partial charge in [0, 0.05) is 16.8 Å². The van der Waals surface area contributed by atoms with Gasteiger partial charge in [-0.1, -0.05) is 23.7 Å². The zero-order valence-corrected chi connectivity index (χ0v) is 15.9. The summed E-state index contributed by atoms with van der Waals surface area (Å²) in [6.07, 6.45) is 0. The Bertz CT molecular complexity index is 987. The molecule has 144 valence electrons. The quantitative estimate of drug-likeness (QED) is 0.793. The SMILES string of the molecule is COC(=O)C1=C(C)N(c2ccc3c(c2)OCO3)C(=O)NC1c1ccc(Cl)cc1. The number of carbonyl (C=O) groups is 2. The molecule has 4 rings (SSSR count). The number of hydrogen-bond acceptors (Lipinski definition) is 5. The molecule has 2 amide bonds. The van der Waals surface area contributed by atoms with E-state index < -0.39 is 12.0 Å². The standard InChI is InChI=1S/C20H17ClN2O5/c1-11-17(19(24)26-2)18(12-3-5-13(21)6-4-12)22-20(25)23(11)14-7-8-15-16(9-14)28-10-27-15/h3-9,18H,10H2,1-2H3,(H,22,25). The van der Waals surface area contributed by atoms with Crippen LogP contribution in [0.3, 0.4) is 0 Å². The molecule has 0 radical (unpaired) electrons. The number of esters is 1. The summed E-state index contributed by atoms with van der Waals surface area (Å²) in [6, 6.07) is 11.1. The Morgan fingerprint density at radius 1 is 1.18 bits per heavy atom. The van der Waals surface area contributed by atoms with E-state index in [1.54, 1.807) is 49.4 Å². The van der Waals surface area contributed by atoms with E-state index in [-0.39, 0.29) is 12.8 Å². The number of ether oxygens (including phenoxy) is 3. The van der Waals surface area contributed by atoms with Crippen LogP contribution < -0.4 is 19.7 Å². The van der Waals surface area contributed by atoms with Crippen LogP contribution in [0.5, 0.6) is 11.5 Å². The fraction of sp³-hybridized carbons (Fsp3) is 0.200. The molecule has 0 bridgehead atoms. The highest BCUT2D eigenvalue weighted by Crippen LogP contribution is 2.39. The van der Waals surface area contributed by atoms with Crippen LogP contribution in [0.25, 0.3) is 0 Å². The van der Waals surface area contributed by atoms with Gasteiger partial charge in [-0.3, -0.25) is 4.90 Å². The number of fused-ring (bicyclic) bond motifs is 1. The molecule has 8 heteroatoms. The normalized spacial score (nSPS) is 18.2. The molecule has 0 aromatic heterocycles. The molecule has 2 aliphatic rings. The maximum atomic E-state index is 12.9. The van der Waals surface area contributed by atoms with E-state index in [9.17, 15) is 9.59 Å². The second kappa shape index (κ2) is 7.09. The average Bonchev–Trinajstić information content (AvgIpc) is 3.15. The van der Waals surface area contributed by atoms with Crippen molar-refractivity contribution in [3.63, 3.8) is 0 Å². The van der Waals surface area contributed by atoms with Gasteiger partial charge >= 0.3 is 12.0 Å². The summed E-state index contributed by atoms with van der Waals surface area (Å²) in [5, 5.41) is 3.44. The number of nitrogens with zero attached hydrogens (tertiary/aromatic N) is 1. The van der Waals surface area contributed by atoms with Gasteiger partial charge in [-0.25, -0.2) is 9.59 Å². The summed E-state index contributed by atoms with van der Waals surface area (Å²) in [4.78, 5) is 26.9. The summed E-state index contributed by atoms with van der Waals surface area (Å²) in [7, 11) is 1.31. The highest BCUT2D eigenvalue weighted by Gasteiger charge is 2.37. The van der Waals surface area contributed by atoms with Crippen LogP contribution in [-0.4, -0.2) is 25.9 Å². The Hall–Kier alpha value is -3.19. The number of allylic oxidation sites excluding steroid dienone is 1. The van der Waals surface area contributed by atoms with Crippen LogP contribution in [0, 0.1) is 0 Å². The number of amides is 2. The van der Waals surface area contributed by atoms with Gasteiger partial charge in [0.2, 0.25) is 6.79 Å². The summed E-state index contributed by atoms with van der Waals surface area (Å²) in [5.41, 5.74) is 2.08. The molecule has 2 aromatic rings. The third kappa shape index (κ3) is 3.03. The number of nitrogens with one attached hydrogen (secondary N) is 1. The molecule has 1 N–H and O–H groups in total. The van der Waals surface area contributed by atoms with Crippen LogP contribution >= 0.6 is 11.6 Å². The van der Waals surface area contributed by atoms with E-state index in [0.29, 0.717) is 33.5 Å². The van der Waals surface area contributed by atoms with Crippen molar-refractivity contribution in [2.75, 3.05) is 18.8 Å².